The fourth-order valence-electron chi connectivity index (χ4n) is 4.28. The molecule has 1 aromatic heterocycles. The number of amides is 2. The van der Waals surface area contributed by atoms with Gasteiger partial charge in [-0.25, -0.2) is 4.79 Å². The van der Waals surface area contributed by atoms with Crippen LogP contribution in [-0.4, -0.2) is 62.1 Å². The number of nitrogens with zero attached hydrogens (tertiary/aromatic N) is 2. The Hall–Kier alpha value is -4.07. The molecule has 0 saturated heterocycles. The number of hydrogen-bond acceptors (Lipinski definition) is 5. The summed E-state index contributed by atoms with van der Waals surface area (Å²) in [7, 11) is 6.43. The number of ether oxygens (including phenoxy) is 2. The molecule has 0 bridgehead atoms. The Morgan fingerprint density at radius 1 is 1.05 bits per heavy atom. The largest absolute Gasteiger partial charge is 0.496 e. The molecule has 0 aliphatic rings. The molecule has 0 fully saturated rings. The molecule has 0 spiro atoms. The number of carbonyl (C=O) groups excluding carboxylic acids is 3. The number of benzene rings is 2. The number of rotatable bonds is 11. The van der Waals surface area contributed by atoms with Crippen molar-refractivity contribution in [1.82, 2.24) is 14.8 Å². The minimum Gasteiger partial charge on any atom is -0.496 e. The van der Waals surface area contributed by atoms with Gasteiger partial charge in [0.05, 0.1) is 19.8 Å². The number of methoxy groups -OCH3 is 2. The summed E-state index contributed by atoms with van der Waals surface area (Å²) in [5.41, 5.74) is 4.93. The minimum absolute atomic E-state index is 0.0572. The number of nitrogens with one attached hydrogen (secondary N) is 1. The van der Waals surface area contributed by atoms with Crippen LogP contribution in [0.25, 0.3) is 17.0 Å². The summed E-state index contributed by atoms with van der Waals surface area (Å²) < 4.78 is 12.5. The first kappa shape index (κ1) is 28.5. The lowest BCUT2D eigenvalue weighted by molar-refractivity contribution is -0.128. The Bertz CT molecular complexity index is 1350. The maximum absolute atomic E-state index is 12.4. The van der Waals surface area contributed by atoms with Crippen LogP contribution in [-0.2, 0) is 27.3 Å². The van der Waals surface area contributed by atoms with Crippen molar-refractivity contribution >= 4 is 34.8 Å². The van der Waals surface area contributed by atoms with Gasteiger partial charge in [-0.2, -0.15) is 0 Å². The Kier molecular flexibility index (Phi) is 9.71. The summed E-state index contributed by atoms with van der Waals surface area (Å²) in [5.74, 6) is 0.145. The highest BCUT2D eigenvalue weighted by molar-refractivity contribution is 5.98. The molecular weight excluding hydrogens is 482 g/mol. The van der Waals surface area contributed by atoms with E-state index < -0.39 is 5.97 Å². The Labute approximate surface area is 224 Å². The lowest BCUT2D eigenvalue weighted by Crippen LogP contribution is -2.24. The van der Waals surface area contributed by atoms with Crippen LogP contribution in [0.1, 0.15) is 53.7 Å². The van der Waals surface area contributed by atoms with Crippen molar-refractivity contribution in [1.29, 1.82) is 0 Å². The van der Waals surface area contributed by atoms with Gasteiger partial charge < -0.3 is 24.3 Å². The number of aromatic nitrogens is 1. The summed E-state index contributed by atoms with van der Waals surface area (Å²) in [4.78, 5) is 38.2. The van der Waals surface area contributed by atoms with Gasteiger partial charge in [0.2, 0.25) is 11.8 Å². The predicted molar refractivity (Wildman–Crippen MR) is 149 cm³/mol. The van der Waals surface area contributed by atoms with Gasteiger partial charge >= 0.3 is 5.97 Å². The topological polar surface area (TPSA) is 89.9 Å². The normalized spacial score (nSPS) is 11.4. The van der Waals surface area contributed by atoms with E-state index in [1.807, 2.05) is 38.1 Å². The van der Waals surface area contributed by atoms with Crippen molar-refractivity contribution < 1.29 is 23.9 Å². The zero-order valence-corrected chi connectivity index (χ0v) is 23.1. The first-order valence-electron chi connectivity index (χ1n) is 12.7. The van der Waals surface area contributed by atoms with E-state index in [2.05, 4.69) is 22.1 Å². The van der Waals surface area contributed by atoms with Gasteiger partial charge in [0.25, 0.3) is 0 Å². The van der Waals surface area contributed by atoms with Crippen molar-refractivity contribution in [3.05, 3.63) is 70.4 Å². The molecule has 0 radical (unpaired) electrons. The molecule has 8 heteroatoms. The molecule has 0 saturated carbocycles. The molecule has 0 aliphatic heterocycles. The van der Waals surface area contributed by atoms with Crippen LogP contribution in [0.5, 0.6) is 5.75 Å². The first-order valence-corrected chi connectivity index (χ1v) is 12.7. The van der Waals surface area contributed by atoms with Crippen LogP contribution >= 0.6 is 0 Å². The van der Waals surface area contributed by atoms with Crippen molar-refractivity contribution in [2.45, 2.75) is 39.7 Å². The van der Waals surface area contributed by atoms with E-state index >= 15 is 0 Å². The van der Waals surface area contributed by atoms with E-state index in [1.165, 1.54) is 7.11 Å². The van der Waals surface area contributed by atoms with E-state index in [9.17, 15) is 14.4 Å². The van der Waals surface area contributed by atoms with E-state index in [0.29, 0.717) is 42.8 Å². The second kappa shape index (κ2) is 12.9. The second-order valence-corrected chi connectivity index (χ2v) is 9.44. The molecule has 1 heterocycles. The van der Waals surface area contributed by atoms with Crippen LogP contribution in [0.3, 0.4) is 0 Å². The fourth-order valence-corrected chi connectivity index (χ4v) is 4.28. The van der Waals surface area contributed by atoms with Crippen molar-refractivity contribution in [3.63, 3.8) is 0 Å². The van der Waals surface area contributed by atoms with E-state index in [0.717, 1.165) is 34.0 Å². The first-order chi connectivity index (χ1) is 18.2. The standard InChI is InChI=1S/C30H37N3O5/c1-7-13-31-29(35)20(2)15-21-8-11-26-25(16-21)24(19-33(26)14-12-28(34)32(3)4)17-22-9-10-23(30(36)38-6)18-27(22)37-5/h8-11,15-16,18-19H,7,12-14,17H2,1-6H3,(H,31,35)/b20-15+. The highest BCUT2D eigenvalue weighted by Crippen LogP contribution is 2.30. The molecule has 8 nitrogen and oxygen atoms in total. The SMILES string of the molecule is CCCNC(=O)/C(C)=C/c1ccc2c(c1)c(Cc1ccc(C(=O)OC)cc1OC)cn2CCC(=O)N(C)C. The smallest absolute Gasteiger partial charge is 0.337 e. The summed E-state index contributed by atoms with van der Waals surface area (Å²) in [6, 6.07) is 11.4. The number of hydrogen-bond donors (Lipinski definition) is 1. The molecule has 202 valence electrons. The van der Waals surface area contributed by atoms with Crippen molar-refractivity contribution in [2.75, 3.05) is 34.9 Å². The molecule has 0 aliphatic carbocycles. The number of aryl methyl sites for hydroxylation is 1. The van der Waals surface area contributed by atoms with Crippen LogP contribution in [0.2, 0.25) is 0 Å². The molecule has 38 heavy (non-hydrogen) atoms. The minimum atomic E-state index is -0.424. The van der Waals surface area contributed by atoms with Gasteiger partial charge in [0, 0.05) is 62.7 Å². The maximum Gasteiger partial charge on any atom is 0.337 e. The summed E-state index contributed by atoms with van der Waals surface area (Å²) in [5, 5.41) is 3.93. The zero-order valence-electron chi connectivity index (χ0n) is 23.1. The second-order valence-electron chi connectivity index (χ2n) is 9.44. The highest BCUT2D eigenvalue weighted by atomic mass is 16.5. The summed E-state index contributed by atoms with van der Waals surface area (Å²) in [6.07, 6.45) is 5.76. The van der Waals surface area contributed by atoms with Gasteiger partial charge in [0.1, 0.15) is 5.75 Å². The van der Waals surface area contributed by atoms with Crippen LogP contribution in [0.4, 0.5) is 0 Å². The molecular formula is C30H37N3O5. The van der Waals surface area contributed by atoms with E-state index in [-0.39, 0.29) is 11.8 Å². The molecule has 3 rings (SSSR count). The Morgan fingerprint density at radius 2 is 1.82 bits per heavy atom. The molecule has 1 N–H and O–H groups in total. The van der Waals surface area contributed by atoms with Gasteiger partial charge in [-0.15, -0.1) is 0 Å². The third-order valence-electron chi connectivity index (χ3n) is 6.42. The van der Waals surface area contributed by atoms with Gasteiger partial charge in [-0.05, 0) is 60.4 Å². The molecule has 0 unspecified atom stereocenters. The van der Waals surface area contributed by atoms with Crippen molar-refractivity contribution in [2.24, 2.45) is 0 Å². The van der Waals surface area contributed by atoms with Gasteiger partial charge in [0.15, 0.2) is 0 Å². The number of carbonyl (C=O) groups is 3. The average Bonchev–Trinajstić information content (AvgIpc) is 3.26. The van der Waals surface area contributed by atoms with Gasteiger partial charge in [-0.1, -0.05) is 19.1 Å². The summed E-state index contributed by atoms with van der Waals surface area (Å²) in [6.45, 7) is 5.00. The lowest BCUT2D eigenvalue weighted by atomic mass is 10.00. The highest BCUT2D eigenvalue weighted by Gasteiger charge is 2.16. The third-order valence-corrected chi connectivity index (χ3v) is 6.42. The fraction of sp³-hybridized carbons (Fsp3) is 0.367. The zero-order chi connectivity index (χ0) is 27.8. The predicted octanol–water partition coefficient (Wildman–Crippen LogP) is 4.44. The molecule has 3 aromatic rings. The van der Waals surface area contributed by atoms with E-state index in [1.54, 1.807) is 38.2 Å². The van der Waals surface area contributed by atoms with Crippen LogP contribution in [0.15, 0.2) is 48.2 Å². The quantitative estimate of drug-likeness (QED) is 0.299. The summed E-state index contributed by atoms with van der Waals surface area (Å²) >= 11 is 0. The van der Waals surface area contributed by atoms with Crippen LogP contribution < -0.4 is 10.1 Å². The number of esters is 1. The van der Waals surface area contributed by atoms with Crippen molar-refractivity contribution in [3.8, 4) is 5.75 Å². The molecule has 2 aromatic carbocycles. The maximum atomic E-state index is 12.4. The lowest BCUT2D eigenvalue weighted by Gasteiger charge is -2.11. The van der Waals surface area contributed by atoms with Crippen LogP contribution in [0, 0.1) is 0 Å². The molecule has 0 atom stereocenters. The van der Waals surface area contributed by atoms with E-state index in [4.69, 9.17) is 9.47 Å². The Morgan fingerprint density at radius 3 is 2.47 bits per heavy atom. The third kappa shape index (κ3) is 6.82. The van der Waals surface area contributed by atoms with Gasteiger partial charge in [-0.3, -0.25) is 9.59 Å². The monoisotopic (exact) mass is 519 g/mol. The molecule has 2 amide bonds. The number of fused-ring (bicyclic) bond motifs is 1. The average molecular weight is 520 g/mol. The Balaban J connectivity index is 2.03.